The van der Waals surface area contributed by atoms with Crippen LogP contribution < -0.4 is 10.6 Å². The number of amides is 2. The van der Waals surface area contributed by atoms with Gasteiger partial charge in [0.05, 0.1) is 0 Å². The van der Waals surface area contributed by atoms with Crippen LogP contribution in [0.25, 0.3) is 0 Å². The van der Waals surface area contributed by atoms with Crippen LogP contribution in [-0.4, -0.2) is 33.8 Å². The molecule has 1 atom stereocenters. The summed E-state index contributed by atoms with van der Waals surface area (Å²) in [5.41, 5.74) is -1.10. The van der Waals surface area contributed by atoms with Crippen molar-refractivity contribution in [3.8, 4) is 0 Å². The van der Waals surface area contributed by atoms with E-state index in [2.05, 4.69) is 20.8 Å². The van der Waals surface area contributed by atoms with Gasteiger partial charge in [-0.15, -0.1) is 5.10 Å². The lowest BCUT2D eigenvalue weighted by atomic mass is 9.81. The second-order valence-corrected chi connectivity index (χ2v) is 8.49. The summed E-state index contributed by atoms with van der Waals surface area (Å²) in [6.45, 7) is 11.1. The second-order valence-electron chi connectivity index (χ2n) is 6.83. The van der Waals surface area contributed by atoms with Crippen LogP contribution in [0.15, 0.2) is 0 Å². The number of hydrogen-bond acceptors (Lipinski definition) is 6. The lowest BCUT2D eigenvalue weighted by Crippen LogP contribution is -2.53. The molecule has 0 bridgehead atoms. The lowest BCUT2D eigenvalue weighted by Gasteiger charge is -2.33. The van der Waals surface area contributed by atoms with Crippen molar-refractivity contribution in [3.05, 3.63) is 3.95 Å². The molecule has 0 saturated carbocycles. The third kappa shape index (κ3) is 6.26. The number of aromatic nitrogens is 2. The molecule has 0 fully saturated rings. The van der Waals surface area contributed by atoms with E-state index in [1.54, 1.807) is 20.8 Å². The van der Waals surface area contributed by atoms with Crippen LogP contribution in [0.2, 0.25) is 0 Å². The molecule has 130 valence electrons. The van der Waals surface area contributed by atoms with E-state index in [0.29, 0.717) is 15.5 Å². The number of alkyl carbamates (subject to hydrolysis) is 1. The summed E-state index contributed by atoms with van der Waals surface area (Å²) in [5.74, 6) is -0.361. The molecule has 1 aromatic heterocycles. The number of carbonyl (C=O) groups is 2. The maximum atomic E-state index is 12.6. The average molecular weight is 361 g/mol. The Kier molecular flexibility index (Phi) is 6.29. The van der Waals surface area contributed by atoms with E-state index in [4.69, 9.17) is 17.0 Å². The highest BCUT2D eigenvalue weighted by Crippen LogP contribution is 2.26. The Balaban J connectivity index is 2.90. The quantitative estimate of drug-likeness (QED) is 0.699. The van der Waals surface area contributed by atoms with Crippen molar-refractivity contribution in [3.63, 3.8) is 0 Å². The minimum Gasteiger partial charge on any atom is -0.444 e. The van der Waals surface area contributed by atoms with Crippen molar-refractivity contribution < 1.29 is 14.3 Å². The van der Waals surface area contributed by atoms with Gasteiger partial charge < -0.3 is 10.1 Å². The number of nitrogens with one attached hydrogen (secondary N) is 3. The third-order valence-corrected chi connectivity index (χ3v) is 4.29. The molecule has 7 nitrogen and oxygen atoms in total. The Morgan fingerprint density at radius 1 is 1.35 bits per heavy atom. The van der Waals surface area contributed by atoms with Gasteiger partial charge in [-0.2, -0.15) is 0 Å². The zero-order chi connectivity index (χ0) is 17.8. The third-order valence-electron chi connectivity index (χ3n) is 3.28. The first-order valence-electron chi connectivity index (χ1n) is 7.30. The summed E-state index contributed by atoms with van der Waals surface area (Å²) in [5, 5.41) is 12.2. The number of rotatable bonds is 5. The number of H-pyrrole nitrogens is 1. The summed E-state index contributed by atoms with van der Waals surface area (Å²) < 4.78 is 5.71. The second kappa shape index (κ2) is 7.39. The van der Waals surface area contributed by atoms with Gasteiger partial charge in [0.1, 0.15) is 11.6 Å². The van der Waals surface area contributed by atoms with Gasteiger partial charge in [-0.1, -0.05) is 32.1 Å². The van der Waals surface area contributed by atoms with Crippen molar-refractivity contribution in [2.24, 2.45) is 5.41 Å². The van der Waals surface area contributed by atoms with Crippen molar-refractivity contribution in [2.75, 3.05) is 5.32 Å². The smallest absolute Gasteiger partial charge is 0.408 e. The Morgan fingerprint density at radius 3 is 2.39 bits per heavy atom. The first-order valence-corrected chi connectivity index (χ1v) is 8.53. The Morgan fingerprint density at radius 2 is 1.96 bits per heavy atom. The van der Waals surface area contributed by atoms with E-state index in [1.807, 2.05) is 20.8 Å². The molecule has 1 aromatic rings. The Bertz CT molecular complexity index is 616. The molecule has 1 heterocycles. The molecule has 1 unspecified atom stereocenters. The maximum Gasteiger partial charge on any atom is 0.408 e. The van der Waals surface area contributed by atoms with Gasteiger partial charge in [-0.05, 0) is 44.8 Å². The van der Waals surface area contributed by atoms with Crippen LogP contribution in [0, 0.1) is 9.37 Å². The molecular formula is C14H24N4O3S2. The zero-order valence-corrected chi connectivity index (χ0v) is 15.9. The molecule has 0 saturated heterocycles. The minimum atomic E-state index is -0.764. The number of anilines is 1. The van der Waals surface area contributed by atoms with Gasteiger partial charge in [0, 0.05) is 0 Å². The maximum absolute atomic E-state index is 12.6. The monoisotopic (exact) mass is 360 g/mol. The van der Waals surface area contributed by atoms with E-state index in [-0.39, 0.29) is 5.91 Å². The fourth-order valence-corrected chi connectivity index (χ4v) is 2.50. The molecule has 0 radical (unpaired) electrons. The molecule has 0 aliphatic heterocycles. The Hall–Kier alpha value is -1.48. The molecule has 23 heavy (non-hydrogen) atoms. The molecule has 0 spiro atoms. The van der Waals surface area contributed by atoms with Crippen molar-refractivity contribution >= 4 is 40.7 Å². The molecule has 9 heteroatoms. The van der Waals surface area contributed by atoms with Gasteiger partial charge in [-0.3, -0.25) is 15.2 Å². The fourth-order valence-electron chi connectivity index (χ4n) is 1.71. The SMILES string of the molecule is CCC(C)(C)C(NC(=O)OC(C)(C)C)C(=O)Nc1n[nH]c(=S)s1. The van der Waals surface area contributed by atoms with Crippen molar-refractivity contribution in [1.82, 2.24) is 15.5 Å². The van der Waals surface area contributed by atoms with Crippen LogP contribution in [0.3, 0.4) is 0 Å². The number of carbonyl (C=O) groups excluding carboxylic acids is 2. The highest BCUT2D eigenvalue weighted by atomic mass is 32.1. The van der Waals surface area contributed by atoms with Gasteiger partial charge in [0.2, 0.25) is 11.0 Å². The molecule has 0 aliphatic carbocycles. The molecule has 0 aliphatic rings. The predicted molar refractivity (Wildman–Crippen MR) is 93.2 cm³/mol. The Labute approximate surface area is 145 Å². The van der Waals surface area contributed by atoms with Gasteiger partial charge in [0.15, 0.2) is 3.95 Å². The van der Waals surface area contributed by atoms with Crippen molar-refractivity contribution in [1.29, 1.82) is 0 Å². The van der Waals surface area contributed by atoms with Crippen LogP contribution >= 0.6 is 23.6 Å². The lowest BCUT2D eigenvalue weighted by molar-refractivity contribution is -0.120. The van der Waals surface area contributed by atoms with E-state index >= 15 is 0 Å². The summed E-state index contributed by atoms with van der Waals surface area (Å²) >= 11 is 6.09. The minimum absolute atomic E-state index is 0.361. The van der Waals surface area contributed by atoms with Gasteiger partial charge >= 0.3 is 6.09 Å². The summed E-state index contributed by atoms with van der Waals surface area (Å²) in [4.78, 5) is 24.6. The highest BCUT2D eigenvalue weighted by molar-refractivity contribution is 7.73. The number of ether oxygens (including phenoxy) is 1. The van der Waals surface area contributed by atoms with Crippen LogP contribution in [0.4, 0.5) is 9.93 Å². The van der Waals surface area contributed by atoms with Gasteiger partial charge in [-0.25, -0.2) is 4.79 Å². The fraction of sp³-hybridized carbons (Fsp3) is 0.714. The number of aromatic amines is 1. The summed E-state index contributed by atoms with van der Waals surface area (Å²) in [6, 6.07) is -0.764. The molecule has 3 N–H and O–H groups in total. The van der Waals surface area contributed by atoms with Gasteiger partial charge in [0.25, 0.3) is 0 Å². The normalized spacial score (nSPS) is 13.3. The van der Waals surface area contributed by atoms with E-state index in [0.717, 1.165) is 11.3 Å². The number of nitrogens with zero attached hydrogens (tertiary/aromatic N) is 1. The first-order chi connectivity index (χ1) is 10.4. The summed E-state index contributed by atoms with van der Waals surface area (Å²) in [6.07, 6.45) is 0.0609. The largest absolute Gasteiger partial charge is 0.444 e. The predicted octanol–water partition coefficient (Wildman–Crippen LogP) is 3.47. The van der Waals surface area contributed by atoms with E-state index in [1.165, 1.54) is 0 Å². The zero-order valence-electron chi connectivity index (χ0n) is 14.3. The van der Waals surface area contributed by atoms with Crippen LogP contribution in [0.5, 0.6) is 0 Å². The first kappa shape index (κ1) is 19.6. The van der Waals surface area contributed by atoms with Crippen molar-refractivity contribution in [2.45, 2.75) is 59.6 Å². The topological polar surface area (TPSA) is 96.1 Å². The molecule has 2 amide bonds. The summed E-state index contributed by atoms with van der Waals surface area (Å²) in [7, 11) is 0. The van der Waals surface area contributed by atoms with Crippen LogP contribution in [0.1, 0.15) is 48.0 Å². The van der Waals surface area contributed by atoms with E-state index in [9.17, 15) is 9.59 Å². The number of hydrogen-bond donors (Lipinski definition) is 3. The van der Waals surface area contributed by atoms with E-state index < -0.39 is 23.2 Å². The van der Waals surface area contributed by atoms with Crippen LogP contribution in [-0.2, 0) is 9.53 Å². The molecule has 1 rings (SSSR count). The average Bonchev–Trinajstić information content (AvgIpc) is 2.79. The molecular weight excluding hydrogens is 336 g/mol. The molecule has 0 aromatic carbocycles. The highest BCUT2D eigenvalue weighted by Gasteiger charge is 2.36. The standard InChI is InChI=1S/C14H24N4O3S2/c1-7-14(5,6)8(15-11(20)21-13(2,3)4)9(19)16-10-17-18-12(22)23-10/h8H,7H2,1-6H3,(H,15,20)(H,18,22)(H,16,17,19).